The van der Waals surface area contributed by atoms with Crippen molar-refractivity contribution in [2.24, 2.45) is 5.41 Å². The number of ketones is 1. The summed E-state index contributed by atoms with van der Waals surface area (Å²) < 4.78 is 1.96. The summed E-state index contributed by atoms with van der Waals surface area (Å²) in [6.07, 6.45) is 2.73. The SMILES string of the molecule is CC1(C)CC(=O)c2cc(C(=O)Nc3ccc(-n4cnc5ccccc54)cc3)c(=O)[nH]c2C1. The standard InChI is InChI=1S/C25H22N4O3/c1-25(2)12-20-17(22(30)13-25)11-18(24(32)28-20)23(31)27-15-7-9-16(10-8-15)29-14-26-19-5-3-4-6-21(19)29/h3-11,14H,12-13H2,1-2H3,(H,27,31)(H,28,32). The number of Topliss-reactive ketones (excluding diaryl/α,β-unsaturated/α-hetero) is 1. The van der Waals surface area contributed by atoms with Crippen LogP contribution in [0.3, 0.4) is 0 Å². The Bertz CT molecular complexity index is 1430. The molecule has 5 rings (SSSR count). The van der Waals surface area contributed by atoms with Crippen molar-refractivity contribution in [2.75, 3.05) is 5.32 Å². The lowest BCUT2D eigenvalue weighted by molar-refractivity contribution is 0.0910. The van der Waals surface area contributed by atoms with Crippen LogP contribution < -0.4 is 10.9 Å². The fraction of sp³-hybridized carbons (Fsp3) is 0.200. The van der Waals surface area contributed by atoms with Gasteiger partial charge in [0, 0.05) is 29.1 Å². The number of para-hydroxylation sites is 2. The molecule has 32 heavy (non-hydrogen) atoms. The Morgan fingerprint density at radius 3 is 2.59 bits per heavy atom. The predicted molar refractivity (Wildman–Crippen MR) is 123 cm³/mol. The lowest BCUT2D eigenvalue weighted by Crippen LogP contribution is -2.32. The van der Waals surface area contributed by atoms with Crippen LogP contribution in [0.25, 0.3) is 16.7 Å². The molecule has 0 atom stereocenters. The molecule has 0 saturated carbocycles. The lowest BCUT2D eigenvalue weighted by atomic mass is 9.75. The van der Waals surface area contributed by atoms with E-state index in [1.165, 1.54) is 6.07 Å². The van der Waals surface area contributed by atoms with E-state index in [4.69, 9.17) is 0 Å². The van der Waals surface area contributed by atoms with E-state index in [2.05, 4.69) is 15.3 Å². The molecule has 0 bridgehead atoms. The maximum absolute atomic E-state index is 12.8. The first-order valence-corrected chi connectivity index (χ1v) is 10.4. The molecule has 0 fully saturated rings. The van der Waals surface area contributed by atoms with E-state index in [-0.39, 0.29) is 16.8 Å². The number of carbonyl (C=O) groups excluding carboxylic acids is 2. The Kier molecular flexibility index (Phi) is 4.55. The van der Waals surface area contributed by atoms with Crippen LogP contribution in [0.2, 0.25) is 0 Å². The van der Waals surface area contributed by atoms with E-state index in [1.54, 1.807) is 18.5 Å². The third kappa shape index (κ3) is 3.51. The Morgan fingerprint density at radius 1 is 1.06 bits per heavy atom. The van der Waals surface area contributed by atoms with Crippen molar-refractivity contribution in [1.82, 2.24) is 14.5 Å². The van der Waals surface area contributed by atoms with Gasteiger partial charge in [0.25, 0.3) is 11.5 Å². The van der Waals surface area contributed by atoms with Gasteiger partial charge in [-0.1, -0.05) is 26.0 Å². The second-order valence-electron chi connectivity index (χ2n) is 8.95. The number of aromatic nitrogens is 3. The second-order valence-corrected chi connectivity index (χ2v) is 8.95. The van der Waals surface area contributed by atoms with Crippen LogP contribution in [-0.4, -0.2) is 26.2 Å². The average Bonchev–Trinajstić information content (AvgIpc) is 3.17. The third-order valence-corrected chi connectivity index (χ3v) is 5.82. The molecule has 7 heteroatoms. The number of pyridine rings is 1. The minimum absolute atomic E-state index is 0.0570. The number of fused-ring (bicyclic) bond motifs is 2. The quantitative estimate of drug-likeness (QED) is 0.515. The number of nitrogens with one attached hydrogen (secondary N) is 2. The van der Waals surface area contributed by atoms with Crippen LogP contribution >= 0.6 is 0 Å². The maximum Gasteiger partial charge on any atom is 0.261 e. The average molecular weight is 426 g/mol. The molecule has 1 aliphatic carbocycles. The molecule has 7 nitrogen and oxygen atoms in total. The first-order valence-electron chi connectivity index (χ1n) is 10.4. The summed E-state index contributed by atoms with van der Waals surface area (Å²) in [4.78, 5) is 45.0. The van der Waals surface area contributed by atoms with Crippen LogP contribution in [0.1, 0.15) is 46.7 Å². The normalized spacial score (nSPS) is 14.9. The van der Waals surface area contributed by atoms with Crippen LogP contribution in [0.4, 0.5) is 5.69 Å². The Morgan fingerprint density at radius 2 is 1.81 bits per heavy atom. The van der Waals surface area contributed by atoms with Gasteiger partial charge in [0.2, 0.25) is 0 Å². The summed E-state index contributed by atoms with van der Waals surface area (Å²) in [5, 5.41) is 2.75. The van der Waals surface area contributed by atoms with Crippen molar-refractivity contribution in [3.8, 4) is 5.69 Å². The molecule has 2 heterocycles. The first-order chi connectivity index (χ1) is 15.3. The summed E-state index contributed by atoms with van der Waals surface area (Å²) in [6.45, 7) is 3.98. The van der Waals surface area contributed by atoms with Gasteiger partial charge in [-0.25, -0.2) is 4.98 Å². The Labute approximate surface area is 184 Å². The first kappa shape index (κ1) is 19.9. The third-order valence-electron chi connectivity index (χ3n) is 5.82. The summed E-state index contributed by atoms with van der Waals surface area (Å²) in [5.74, 6) is -0.606. The monoisotopic (exact) mass is 426 g/mol. The molecule has 0 unspecified atom stereocenters. The number of imidazole rings is 1. The molecule has 4 aromatic rings. The number of benzene rings is 2. The number of nitrogens with zero attached hydrogens (tertiary/aromatic N) is 2. The highest BCUT2D eigenvalue weighted by Gasteiger charge is 2.32. The summed E-state index contributed by atoms with van der Waals surface area (Å²) >= 11 is 0. The van der Waals surface area contributed by atoms with E-state index >= 15 is 0 Å². The molecule has 0 saturated heterocycles. The van der Waals surface area contributed by atoms with Crippen molar-refractivity contribution in [2.45, 2.75) is 26.7 Å². The number of H-pyrrole nitrogens is 1. The molecule has 0 aliphatic heterocycles. The second kappa shape index (κ2) is 7.30. The largest absolute Gasteiger partial charge is 0.325 e. The van der Waals surface area contributed by atoms with Gasteiger partial charge in [0.15, 0.2) is 5.78 Å². The molecule has 2 aromatic carbocycles. The molecular formula is C25H22N4O3. The zero-order valence-electron chi connectivity index (χ0n) is 17.8. The maximum atomic E-state index is 12.8. The number of anilines is 1. The number of amides is 1. The summed E-state index contributed by atoms with van der Waals surface area (Å²) in [5.41, 5.74) is 3.59. The molecule has 0 spiro atoms. The van der Waals surface area contributed by atoms with Crippen molar-refractivity contribution < 1.29 is 9.59 Å². The Hall–Kier alpha value is -4.00. The van der Waals surface area contributed by atoms with Crippen LogP contribution in [0, 0.1) is 5.41 Å². The smallest absolute Gasteiger partial charge is 0.261 e. The lowest BCUT2D eigenvalue weighted by Gasteiger charge is -2.29. The molecule has 1 aliphatic rings. The highest BCUT2D eigenvalue weighted by atomic mass is 16.2. The van der Waals surface area contributed by atoms with Crippen LogP contribution in [0.15, 0.2) is 65.7 Å². The zero-order chi connectivity index (χ0) is 22.5. The number of aromatic amines is 1. The highest BCUT2D eigenvalue weighted by molar-refractivity contribution is 6.06. The summed E-state index contributed by atoms with van der Waals surface area (Å²) in [6, 6.07) is 16.5. The van der Waals surface area contributed by atoms with E-state index in [0.29, 0.717) is 29.8 Å². The van der Waals surface area contributed by atoms with Gasteiger partial charge in [0.05, 0.1) is 11.0 Å². The molecule has 2 N–H and O–H groups in total. The van der Waals surface area contributed by atoms with E-state index in [1.807, 2.05) is 54.8 Å². The minimum atomic E-state index is -0.549. The van der Waals surface area contributed by atoms with Gasteiger partial charge in [-0.2, -0.15) is 0 Å². The summed E-state index contributed by atoms with van der Waals surface area (Å²) in [7, 11) is 0. The van der Waals surface area contributed by atoms with Crippen molar-refractivity contribution in [3.63, 3.8) is 0 Å². The highest BCUT2D eigenvalue weighted by Crippen LogP contribution is 2.33. The van der Waals surface area contributed by atoms with Gasteiger partial charge < -0.3 is 10.3 Å². The fourth-order valence-electron chi connectivity index (χ4n) is 4.27. The van der Waals surface area contributed by atoms with Crippen LogP contribution in [0.5, 0.6) is 0 Å². The van der Waals surface area contributed by atoms with Crippen molar-refractivity contribution in [3.05, 3.63) is 88.1 Å². The molecule has 160 valence electrons. The number of carbonyl (C=O) groups is 2. The predicted octanol–water partition coefficient (Wildman–Crippen LogP) is 4.12. The van der Waals surface area contributed by atoms with Gasteiger partial charge in [0.1, 0.15) is 11.9 Å². The Balaban J connectivity index is 1.39. The van der Waals surface area contributed by atoms with E-state index in [0.717, 1.165) is 16.7 Å². The van der Waals surface area contributed by atoms with Crippen molar-refractivity contribution in [1.29, 1.82) is 0 Å². The van der Waals surface area contributed by atoms with Gasteiger partial charge in [-0.05, 0) is 54.3 Å². The van der Waals surface area contributed by atoms with E-state index in [9.17, 15) is 14.4 Å². The van der Waals surface area contributed by atoms with Crippen LogP contribution in [-0.2, 0) is 6.42 Å². The number of rotatable bonds is 3. The van der Waals surface area contributed by atoms with Crippen molar-refractivity contribution >= 4 is 28.4 Å². The molecule has 0 radical (unpaired) electrons. The molecular weight excluding hydrogens is 404 g/mol. The number of hydrogen-bond acceptors (Lipinski definition) is 4. The van der Waals surface area contributed by atoms with E-state index < -0.39 is 11.5 Å². The van der Waals surface area contributed by atoms with Gasteiger partial charge >= 0.3 is 0 Å². The molecule has 1 amide bonds. The number of hydrogen-bond donors (Lipinski definition) is 2. The zero-order valence-corrected chi connectivity index (χ0v) is 17.8. The topological polar surface area (TPSA) is 96.8 Å². The fourth-order valence-corrected chi connectivity index (χ4v) is 4.27. The minimum Gasteiger partial charge on any atom is -0.325 e. The van der Waals surface area contributed by atoms with Gasteiger partial charge in [-0.15, -0.1) is 0 Å². The molecule has 2 aromatic heterocycles. The van der Waals surface area contributed by atoms with Gasteiger partial charge in [-0.3, -0.25) is 19.0 Å².